The van der Waals surface area contributed by atoms with Crippen LogP contribution in [0.1, 0.15) is 25.3 Å². The number of halogens is 1. The molecular formula is C16H27IN4O2. The molecule has 1 heterocycles. The highest BCUT2D eigenvalue weighted by Crippen LogP contribution is 2.29. The fourth-order valence-corrected chi connectivity index (χ4v) is 1.90. The van der Waals surface area contributed by atoms with Crippen molar-refractivity contribution in [1.82, 2.24) is 15.6 Å². The van der Waals surface area contributed by atoms with Gasteiger partial charge in [0.05, 0.1) is 19.8 Å². The summed E-state index contributed by atoms with van der Waals surface area (Å²) in [5.74, 6) is 2.21. The minimum absolute atomic E-state index is 0. The van der Waals surface area contributed by atoms with Crippen molar-refractivity contribution in [3.63, 3.8) is 0 Å². The molecular weight excluding hydrogens is 407 g/mol. The Morgan fingerprint density at radius 2 is 2.22 bits per heavy atom. The van der Waals surface area contributed by atoms with Crippen molar-refractivity contribution in [2.24, 2.45) is 10.9 Å². The predicted molar refractivity (Wildman–Crippen MR) is 103 cm³/mol. The first kappa shape index (κ1) is 20.0. The Bertz CT molecular complexity index is 481. The van der Waals surface area contributed by atoms with Crippen LogP contribution in [0.25, 0.3) is 0 Å². The van der Waals surface area contributed by atoms with Crippen LogP contribution in [0.2, 0.25) is 0 Å². The number of methoxy groups -OCH3 is 1. The summed E-state index contributed by atoms with van der Waals surface area (Å²) >= 11 is 0. The number of aliphatic imine (C=N–C) groups is 1. The van der Waals surface area contributed by atoms with Crippen LogP contribution in [-0.4, -0.2) is 44.4 Å². The van der Waals surface area contributed by atoms with E-state index in [1.807, 2.05) is 19.1 Å². The van der Waals surface area contributed by atoms with Crippen LogP contribution in [0.4, 0.5) is 0 Å². The molecule has 0 saturated heterocycles. The summed E-state index contributed by atoms with van der Waals surface area (Å²) in [6, 6.07) is 3.93. The van der Waals surface area contributed by atoms with Gasteiger partial charge < -0.3 is 20.1 Å². The van der Waals surface area contributed by atoms with Gasteiger partial charge in [-0.25, -0.2) is 9.98 Å². The summed E-state index contributed by atoms with van der Waals surface area (Å²) in [5, 5.41) is 6.43. The van der Waals surface area contributed by atoms with Gasteiger partial charge in [0.15, 0.2) is 5.96 Å². The Morgan fingerprint density at radius 3 is 2.91 bits per heavy atom. The highest BCUT2D eigenvalue weighted by molar-refractivity contribution is 14.0. The molecule has 0 unspecified atom stereocenters. The minimum atomic E-state index is 0. The maximum atomic E-state index is 5.70. The average molecular weight is 434 g/mol. The van der Waals surface area contributed by atoms with E-state index in [1.165, 1.54) is 12.8 Å². The molecule has 1 aromatic heterocycles. The third-order valence-corrected chi connectivity index (χ3v) is 3.33. The van der Waals surface area contributed by atoms with Crippen molar-refractivity contribution in [3.05, 3.63) is 23.9 Å². The zero-order valence-corrected chi connectivity index (χ0v) is 16.2. The maximum absolute atomic E-state index is 5.70. The Morgan fingerprint density at radius 1 is 1.39 bits per heavy atom. The van der Waals surface area contributed by atoms with Crippen LogP contribution < -0.4 is 15.4 Å². The lowest BCUT2D eigenvalue weighted by atomic mass is 10.3. The van der Waals surface area contributed by atoms with E-state index < -0.39 is 0 Å². The van der Waals surface area contributed by atoms with Crippen molar-refractivity contribution in [3.8, 4) is 5.88 Å². The number of hydrogen-bond donors (Lipinski definition) is 2. The molecule has 0 aliphatic heterocycles. The minimum Gasteiger partial charge on any atom is -0.477 e. The number of nitrogens with one attached hydrogen (secondary N) is 2. The van der Waals surface area contributed by atoms with Gasteiger partial charge in [-0.2, -0.15) is 0 Å². The normalized spacial score (nSPS) is 14.1. The highest BCUT2D eigenvalue weighted by Gasteiger charge is 2.22. The van der Waals surface area contributed by atoms with E-state index in [1.54, 1.807) is 13.3 Å². The Hall–Kier alpha value is -1.09. The van der Waals surface area contributed by atoms with Gasteiger partial charge in [-0.1, -0.05) is 0 Å². The zero-order chi connectivity index (χ0) is 15.6. The van der Waals surface area contributed by atoms with E-state index in [-0.39, 0.29) is 24.0 Å². The van der Waals surface area contributed by atoms with Crippen molar-refractivity contribution >= 4 is 29.9 Å². The molecule has 1 aliphatic rings. The number of guanidine groups is 1. The first-order valence-corrected chi connectivity index (χ1v) is 7.90. The van der Waals surface area contributed by atoms with Gasteiger partial charge >= 0.3 is 0 Å². The molecule has 0 aromatic carbocycles. The fourth-order valence-electron chi connectivity index (χ4n) is 1.90. The average Bonchev–Trinajstić information content (AvgIpc) is 3.36. The third kappa shape index (κ3) is 8.36. The molecule has 23 heavy (non-hydrogen) atoms. The van der Waals surface area contributed by atoms with Crippen molar-refractivity contribution in [2.75, 3.05) is 33.4 Å². The third-order valence-electron chi connectivity index (χ3n) is 3.33. The smallest absolute Gasteiger partial charge is 0.213 e. The monoisotopic (exact) mass is 434 g/mol. The molecule has 0 bridgehead atoms. The summed E-state index contributed by atoms with van der Waals surface area (Å²) < 4.78 is 10.7. The first-order valence-electron chi connectivity index (χ1n) is 7.90. The summed E-state index contributed by atoms with van der Waals surface area (Å²) in [5.41, 5.74) is 1.09. The molecule has 1 aromatic rings. The molecule has 1 fully saturated rings. The van der Waals surface area contributed by atoms with E-state index in [4.69, 9.17) is 9.47 Å². The topological polar surface area (TPSA) is 67.8 Å². The van der Waals surface area contributed by atoms with Crippen LogP contribution >= 0.6 is 24.0 Å². The highest BCUT2D eigenvalue weighted by atomic mass is 127. The van der Waals surface area contributed by atoms with Crippen molar-refractivity contribution in [2.45, 2.75) is 26.3 Å². The van der Waals surface area contributed by atoms with Gasteiger partial charge in [0.1, 0.15) is 0 Å². The van der Waals surface area contributed by atoms with Gasteiger partial charge in [0.2, 0.25) is 5.88 Å². The molecule has 1 saturated carbocycles. The summed E-state index contributed by atoms with van der Waals surface area (Å²) in [6.45, 7) is 5.62. The predicted octanol–water partition coefficient (Wildman–Crippen LogP) is 2.19. The standard InChI is InChI=1S/C16H26N4O2.HI/c1-3-17-16(19-8-9-21-2)20-11-14-6-7-18-15(10-14)22-12-13-4-5-13;/h6-7,10,13H,3-5,8-9,11-12H2,1-2H3,(H2,17,19,20);1H. The lowest BCUT2D eigenvalue weighted by Crippen LogP contribution is -2.38. The molecule has 0 radical (unpaired) electrons. The van der Waals surface area contributed by atoms with Crippen molar-refractivity contribution < 1.29 is 9.47 Å². The van der Waals surface area contributed by atoms with Crippen LogP contribution in [0, 0.1) is 5.92 Å². The van der Waals surface area contributed by atoms with Crippen LogP contribution in [0.5, 0.6) is 5.88 Å². The Balaban J connectivity index is 0.00000264. The van der Waals surface area contributed by atoms with E-state index in [0.29, 0.717) is 19.0 Å². The van der Waals surface area contributed by atoms with Crippen LogP contribution in [-0.2, 0) is 11.3 Å². The van der Waals surface area contributed by atoms with Gasteiger partial charge in [0, 0.05) is 32.5 Å². The Kier molecular flexibility index (Phi) is 9.93. The number of pyridine rings is 1. The summed E-state index contributed by atoms with van der Waals surface area (Å²) in [4.78, 5) is 8.80. The fraction of sp³-hybridized carbons (Fsp3) is 0.625. The van der Waals surface area contributed by atoms with Gasteiger partial charge in [-0.05, 0) is 37.3 Å². The SMILES string of the molecule is CCNC(=NCc1ccnc(OCC2CC2)c1)NCCOC.I. The van der Waals surface area contributed by atoms with Crippen LogP contribution in [0.3, 0.4) is 0 Å². The molecule has 2 rings (SSSR count). The molecule has 0 atom stereocenters. The molecule has 1 aliphatic carbocycles. The first-order chi connectivity index (χ1) is 10.8. The van der Waals surface area contributed by atoms with Gasteiger partial charge in [0.25, 0.3) is 0 Å². The maximum Gasteiger partial charge on any atom is 0.213 e. The second-order valence-electron chi connectivity index (χ2n) is 5.37. The largest absolute Gasteiger partial charge is 0.477 e. The molecule has 0 amide bonds. The second-order valence-corrected chi connectivity index (χ2v) is 5.37. The number of hydrogen-bond acceptors (Lipinski definition) is 4. The molecule has 6 nitrogen and oxygen atoms in total. The van der Waals surface area contributed by atoms with E-state index >= 15 is 0 Å². The molecule has 130 valence electrons. The second kappa shape index (κ2) is 11.4. The number of ether oxygens (including phenoxy) is 2. The van der Waals surface area contributed by atoms with Crippen molar-refractivity contribution in [1.29, 1.82) is 0 Å². The molecule has 2 N–H and O–H groups in total. The lowest BCUT2D eigenvalue weighted by molar-refractivity contribution is 0.203. The van der Waals surface area contributed by atoms with E-state index in [9.17, 15) is 0 Å². The quantitative estimate of drug-likeness (QED) is 0.270. The van der Waals surface area contributed by atoms with E-state index in [2.05, 4.69) is 20.6 Å². The molecule has 7 heteroatoms. The number of rotatable bonds is 9. The number of aromatic nitrogens is 1. The van der Waals surface area contributed by atoms with Gasteiger partial charge in [-0.3, -0.25) is 0 Å². The summed E-state index contributed by atoms with van der Waals surface area (Å²) in [6.07, 6.45) is 4.34. The molecule has 0 spiro atoms. The van der Waals surface area contributed by atoms with E-state index in [0.717, 1.165) is 37.1 Å². The van der Waals surface area contributed by atoms with Gasteiger partial charge in [-0.15, -0.1) is 24.0 Å². The van der Waals surface area contributed by atoms with Crippen LogP contribution in [0.15, 0.2) is 23.3 Å². The lowest BCUT2D eigenvalue weighted by Gasteiger charge is -2.11. The zero-order valence-electron chi connectivity index (χ0n) is 13.9. The Labute approximate surface area is 155 Å². The number of nitrogens with zero attached hydrogens (tertiary/aromatic N) is 2. The summed E-state index contributed by atoms with van der Waals surface area (Å²) in [7, 11) is 1.69.